The van der Waals surface area contributed by atoms with Crippen LogP contribution in [0.4, 0.5) is 10.5 Å². The number of nitrogens with one attached hydrogen (secondary N) is 2. The van der Waals surface area contributed by atoms with Crippen molar-refractivity contribution in [2.45, 2.75) is 85.9 Å². The van der Waals surface area contributed by atoms with E-state index in [1.165, 1.54) is 4.90 Å². The second-order valence-corrected chi connectivity index (χ2v) is 10.7. The molecule has 2 aromatic rings. The number of rotatable bonds is 10. The van der Waals surface area contributed by atoms with E-state index in [-0.39, 0.29) is 12.5 Å². The minimum absolute atomic E-state index is 0.264. The van der Waals surface area contributed by atoms with Crippen LogP contribution in [0.15, 0.2) is 36.4 Å². The van der Waals surface area contributed by atoms with Gasteiger partial charge in [0.15, 0.2) is 0 Å². The third-order valence-electron chi connectivity index (χ3n) is 6.44. The van der Waals surface area contributed by atoms with E-state index in [4.69, 9.17) is 4.74 Å². The van der Waals surface area contributed by atoms with Crippen molar-refractivity contribution in [3.63, 3.8) is 0 Å². The summed E-state index contributed by atoms with van der Waals surface area (Å²) in [5, 5.41) is 15.6. The van der Waals surface area contributed by atoms with Crippen LogP contribution in [0.2, 0.25) is 0 Å². The van der Waals surface area contributed by atoms with Gasteiger partial charge in [0.2, 0.25) is 5.91 Å². The number of aliphatic hydroxyl groups is 1. The molecule has 0 fully saturated rings. The van der Waals surface area contributed by atoms with Gasteiger partial charge in [-0.15, -0.1) is 0 Å². The summed E-state index contributed by atoms with van der Waals surface area (Å²) in [6.07, 6.45) is 0.600. The van der Waals surface area contributed by atoms with Gasteiger partial charge in [-0.05, 0) is 82.7 Å². The molecule has 0 saturated heterocycles. The number of benzene rings is 2. The van der Waals surface area contributed by atoms with Crippen molar-refractivity contribution in [3.05, 3.63) is 64.2 Å². The second-order valence-electron chi connectivity index (χ2n) is 10.7. The third kappa shape index (κ3) is 8.05. The van der Waals surface area contributed by atoms with Crippen molar-refractivity contribution in [2.75, 3.05) is 18.5 Å². The molecule has 0 spiro atoms. The van der Waals surface area contributed by atoms with E-state index in [1.807, 2.05) is 71.0 Å². The molecule has 0 aromatic heterocycles. The van der Waals surface area contributed by atoms with E-state index in [9.17, 15) is 19.5 Å². The Hall–Kier alpha value is -3.39. The highest BCUT2D eigenvalue weighted by Crippen LogP contribution is 2.30. The van der Waals surface area contributed by atoms with Crippen molar-refractivity contribution in [1.82, 2.24) is 10.2 Å². The van der Waals surface area contributed by atoms with Crippen molar-refractivity contribution in [3.8, 4) is 0 Å². The zero-order valence-corrected chi connectivity index (χ0v) is 24.0. The number of unbranched alkanes of at least 4 members (excludes halogenated alkanes) is 1. The number of aryl methyl sites for hydroxylation is 3. The van der Waals surface area contributed by atoms with Gasteiger partial charge in [0.1, 0.15) is 17.7 Å². The van der Waals surface area contributed by atoms with Gasteiger partial charge in [-0.1, -0.05) is 49.7 Å². The summed E-state index contributed by atoms with van der Waals surface area (Å²) in [5.41, 5.74) is 4.30. The first-order chi connectivity index (χ1) is 17.8. The Kier molecular flexibility index (Phi) is 10.9. The summed E-state index contributed by atoms with van der Waals surface area (Å²) < 4.78 is 5.30. The van der Waals surface area contributed by atoms with Gasteiger partial charge in [0, 0.05) is 12.2 Å². The zero-order chi connectivity index (χ0) is 28.6. The average molecular weight is 526 g/mol. The normalized spacial score (nSPS) is 12.9. The number of anilines is 1. The van der Waals surface area contributed by atoms with Crippen molar-refractivity contribution < 1.29 is 24.2 Å². The fourth-order valence-corrected chi connectivity index (χ4v) is 4.25. The Bertz CT molecular complexity index is 1120. The fourth-order valence-electron chi connectivity index (χ4n) is 4.25. The van der Waals surface area contributed by atoms with Crippen molar-refractivity contribution in [2.24, 2.45) is 0 Å². The van der Waals surface area contributed by atoms with E-state index in [0.717, 1.165) is 28.7 Å². The number of carbonyl (C=O) groups is 3. The molecule has 2 unspecified atom stereocenters. The molecule has 8 heteroatoms. The summed E-state index contributed by atoms with van der Waals surface area (Å²) in [4.78, 5) is 41.9. The molecule has 2 atom stereocenters. The molecule has 3 amide bonds. The standard InChI is InChI=1S/C30H43N3O5/c1-9-10-17-33(28(36)24(18-34)31-29(37)38-30(6,7)8)26(23-16-12-13-19(2)22(23)5)27(35)32-25-20(3)14-11-15-21(25)4/h11-16,24,26,34H,9-10,17-18H2,1-8H3,(H,31,37)(H,32,35). The van der Waals surface area contributed by atoms with Gasteiger partial charge >= 0.3 is 6.09 Å². The predicted octanol–water partition coefficient (Wildman–Crippen LogP) is 5.11. The number of para-hydroxylation sites is 1. The maximum atomic E-state index is 14.0. The molecule has 208 valence electrons. The number of amides is 3. The lowest BCUT2D eigenvalue weighted by Gasteiger charge is -2.35. The maximum Gasteiger partial charge on any atom is 0.408 e. The van der Waals surface area contributed by atoms with Crippen LogP contribution in [-0.4, -0.2) is 52.7 Å². The number of aliphatic hydroxyl groups excluding tert-OH is 1. The molecule has 0 aliphatic heterocycles. The first-order valence-corrected chi connectivity index (χ1v) is 13.1. The Balaban J connectivity index is 2.57. The molecule has 2 rings (SSSR count). The van der Waals surface area contributed by atoms with Gasteiger partial charge < -0.3 is 25.4 Å². The second kappa shape index (κ2) is 13.4. The highest BCUT2D eigenvalue weighted by Gasteiger charge is 2.37. The van der Waals surface area contributed by atoms with Crippen LogP contribution in [0.25, 0.3) is 0 Å². The van der Waals surface area contributed by atoms with Crippen molar-refractivity contribution in [1.29, 1.82) is 0 Å². The molecule has 0 aliphatic rings. The number of alkyl carbamates (subject to hydrolysis) is 1. The van der Waals surface area contributed by atoms with Gasteiger partial charge in [-0.25, -0.2) is 4.79 Å². The summed E-state index contributed by atoms with van der Waals surface area (Å²) in [7, 11) is 0. The zero-order valence-electron chi connectivity index (χ0n) is 24.0. The minimum atomic E-state index is -1.28. The van der Waals surface area contributed by atoms with E-state index >= 15 is 0 Å². The summed E-state index contributed by atoms with van der Waals surface area (Å²) in [5.74, 6) is -0.927. The van der Waals surface area contributed by atoms with E-state index in [1.54, 1.807) is 20.8 Å². The van der Waals surface area contributed by atoms with Gasteiger partial charge in [0.05, 0.1) is 6.61 Å². The van der Waals surface area contributed by atoms with E-state index in [0.29, 0.717) is 17.7 Å². The van der Waals surface area contributed by atoms with Crippen LogP contribution < -0.4 is 10.6 Å². The minimum Gasteiger partial charge on any atom is -0.444 e. The first-order valence-electron chi connectivity index (χ1n) is 13.1. The molecular weight excluding hydrogens is 482 g/mol. The Morgan fingerprint density at radius 3 is 2.11 bits per heavy atom. The molecule has 0 bridgehead atoms. The molecule has 0 saturated carbocycles. The first kappa shape index (κ1) is 30.8. The number of ether oxygens (including phenoxy) is 1. The molecule has 0 aliphatic carbocycles. The van der Waals surface area contributed by atoms with Crippen LogP contribution in [-0.2, 0) is 14.3 Å². The maximum absolute atomic E-state index is 14.0. The topological polar surface area (TPSA) is 108 Å². The lowest BCUT2D eigenvalue weighted by molar-refractivity contribution is -0.141. The molecule has 0 radical (unpaired) electrons. The summed E-state index contributed by atoms with van der Waals surface area (Å²) in [6.45, 7) is 14.5. The number of hydrogen-bond acceptors (Lipinski definition) is 5. The Morgan fingerprint density at radius 2 is 1.55 bits per heavy atom. The van der Waals surface area contributed by atoms with Crippen LogP contribution in [0.3, 0.4) is 0 Å². The van der Waals surface area contributed by atoms with Gasteiger partial charge in [0.25, 0.3) is 5.91 Å². The van der Waals surface area contributed by atoms with E-state index in [2.05, 4.69) is 10.6 Å². The number of nitrogens with zero attached hydrogens (tertiary/aromatic N) is 1. The highest BCUT2D eigenvalue weighted by atomic mass is 16.6. The predicted molar refractivity (Wildman–Crippen MR) is 150 cm³/mol. The molecular formula is C30H43N3O5. The summed E-state index contributed by atoms with van der Waals surface area (Å²) in [6, 6.07) is 9.17. The largest absolute Gasteiger partial charge is 0.444 e. The Morgan fingerprint density at radius 1 is 0.974 bits per heavy atom. The third-order valence-corrected chi connectivity index (χ3v) is 6.44. The van der Waals surface area contributed by atoms with Crippen LogP contribution >= 0.6 is 0 Å². The molecule has 0 heterocycles. The lowest BCUT2D eigenvalue weighted by Crippen LogP contribution is -2.54. The quantitative estimate of drug-likeness (QED) is 0.399. The Labute approximate surface area is 226 Å². The van der Waals surface area contributed by atoms with Crippen LogP contribution in [0, 0.1) is 27.7 Å². The van der Waals surface area contributed by atoms with Crippen molar-refractivity contribution >= 4 is 23.6 Å². The number of hydrogen-bond donors (Lipinski definition) is 3. The molecule has 3 N–H and O–H groups in total. The SMILES string of the molecule is CCCCN(C(=O)C(CO)NC(=O)OC(C)(C)C)C(C(=O)Nc1c(C)cccc1C)c1cccc(C)c1C. The van der Waals surface area contributed by atoms with E-state index < -0.39 is 36.3 Å². The molecule has 38 heavy (non-hydrogen) atoms. The van der Waals surface area contributed by atoms with Crippen LogP contribution in [0.5, 0.6) is 0 Å². The average Bonchev–Trinajstić information content (AvgIpc) is 2.83. The molecule has 2 aromatic carbocycles. The monoisotopic (exact) mass is 525 g/mol. The van der Waals surface area contributed by atoms with Gasteiger partial charge in [-0.2, -0.15) is 0 Å². The van der Waals surface area contributed by atoms with Crippen LogP contribution in [0.1, 0.15) is 74.4 Å². The lowest BCUT2D eigenvalue weighted by atomic mass is 9.94. The smallest absolute Gasteiger partial charge is 0.408 e. The fraction of sp³-hybridized carbons (Fsp3) is 0.500. The van der Waals surface area contributed by atoms with Gasteiger partial charge in [-0.3, -0.25) is 9.59 Å². The number of carbonyl (C=O) groups excluding carboxylic acids is 3. The highest BCUT2D eigenvalue weighted by molar-refractivity contribution is 6.00. The summed E-state index contributed by atoms with van der Waals surface area (Å²) >= 11 is 0. The molecule has 8 nitrogen and oxygen atoms in total.